The van der Waals surface area contributed by atoms with Gasteiger partial charge in [0.2, 0.25) is 5.89 Å². The first-order valence-electron chi connectivity index (χ1n) is 8.57. The van der Waals surface area contributed by atoms with Gasteiger partial charge < -0.3 is 9.73 Å². The summed E-state index contributed by atoms with van der Waals surface area (Å²) in [6.07, 6.45) is 3.05. The summed E-state index contributed by atoms with van der Waals surface area (Å²) in [7, 11) is 0. The van der Waals surface area contributed by atoms with Crippen molar-refractivity contribution in [2.45, 2.75) is 13.1 Å². The van der Waals surface area contributed by atoms with Crippen LogP contribution in [0.1, 0.15) is 21.9 Å². The topological polar surface area (TPSA) is 61.6 Å². The van der Waals surface area contributed by atoms with Gasteiger partial charge in [0.15, 0.2) is 5.69 Å². The molecule has 0 atom stereocenters. The van der Waals surface area contributed by atoms with Crippen LogP contribution in [0.5, 0.6) is 0 Å². The largest absolute Gasteiger partial charge is 0.447 e. The lowest BCUT2D eigenvalue weighted by Gasteiger charge is -2.34. The van der Waals surface area contributed by atoms with Crippen molar-refractivity contribution in [1.29, 1.82) is 0 Å². The number of carbonyl (C=O) groups excluding carboxylic acids is 1. The zero-order valence-corrected chi connectivity index (χ0v) is 14.4. The maximum absolute atomic E-state index is 11.8. The van der Waals surface area contributed by atoms with Crippen molar-refractivity contribution < 1.29 is 9.21 Å². The van der Waals surface area contributed by atoms with E-state index in [1.807, 2.05) is 6.07 Å². The molecule has 0 radical (unpaired) electrons. The molecule has 0 bridgehead atoms. The molecule has 0 saturated carbocycles. The van der Waals surface area contributed by atoms with Crippen LogP contribution in [-0.4, -0.2) is 53.4 Å². The van der Waals surface area contributed by atoms with Crippen molar-refractivity contribution in [2.24, 2.45) is 0 Å². The van der Waals surface area contributed by atoms with Crippen LogP contribution in [0.25, 0.3) is 0 Å². The molecule has 0 unspecified atom stereocenters. The molecule has 6 nitrogen and oxygen atoms in total. The number of oxazole rings is 1. The number of aromatic nitrogens is 1. The lowest BCUT2D eigenvalue weighted by atomic mass is 10.2. The van der Waals surface area contributed by atoms with Gasteiger partial charge in [-0.05, 0) is 5.56 Å². The van der Waals surface area contributed by atoms with E-state index in [0.717, 1.165) is 32.7 Å². The first-order chi connectivity index (χ1) is 12.2. The maximum Gasteiger partial charge on any atom is 0.273 e. The molecule has 1 amide bonds. The van der Waals surface area contributed by atoms with Gasteiger partial charge in [-0.25, -0.2) is 4.98 Å². The first-order valence-corrected chi connectivity index (χ1v) is 8.57. The van der Waals surface area contributed by atoms with E-state index in [0.29, 0.717) is 24.7 Å². The van der Waals surface area contributed by atoms with Crippen molar-refractivity contribution in [2.75, 3.05) is 32.7 Å². The average Bonchev–Trinajstić information content (AvgIpc) is 3.11. The number of carbonyl (C=O) groups is 1. The molecule has 0 aliphatic carbocycles. The Bertz CT molecular complexity index is 690. The van der Waals surface area contributed by atoms with Gasteiger partial charge in [0, 0.05) is 39.3 Å². The number of benzene rings is 1. The summed E-state index contributed by atoms with van der Waals surface area (Å²) in [5.41, 5.74) is 1.67. The van der Waals surface area contributed by atoms with E-state index in [2.05, 4.69) is 50.9 Å². The summed E-state index contributed by atoms with van der Waals surface area (Å²) in [6.45, 7) is 9.58. The fourth-order valence-electron chi connectivity index (χ4n) is 2.88. The van der Waals surface area contributed by atoms with E-state index in [1.54, 1.807) is 6.08 Å². The lowest BCUT2D eigenvalue weighted by Crippen LogP contribution is -2.45. The number of hydrogen-bond donors (Lipinski definition) is 1. The highest BCUT2D eigenvalue weighted by Gasteiger charge is 2.19. The Morgan fingerprint density at radius 3 is 2.52 bits per heavy atom. The summed E-state index contributed by atoms with van der Waals surface area (Å²) in [6, 6.07) is 10.5. The lowest BCUT2D eigenvalue weighted by molar-refractivity contribution is 0.0952. The molecule has 1 N–H and O–H groups in total. The van der Waals surface area contributed by atoms with Crippen LogP contribution in [0.2, 0.25) is 0 Å². The molecule has 25 heavy (non-hydrogen) atoms. The third-order valence-corrected chi connectivity index (χ3v) is 4.26. The van der Waals surface area contributed by atoms with Gasteiger partial charge in [0.1, 0.15) is 6.26 Å². The molecule has 1 aliphatic heterocycles. The number of hydrogen-bond acceptors (Lipinski definition) is 5. The summed E-state index contributed by atoms with van der Waals surface area (Å²) in [5.74, 6) is 0.350. The summed E-state index contributed by atoms with van der Waals surface area (Å²) in [4.78, 5) is 20.9. The average molecular weight is 340 g/mol. The van der Waals surface area contributed by atoms with Crippen molar-refractivity contribution in [1.82, 2.24) is 20.1 Å². The Labute approximate surface area is 148 Å². The predicted molar refractivity (Wildman–Crippen MR) is 96.0 cm³/mol. The third kappa shape index (κ3) is 5.01. The number of nitrogens with zero attached hydrogens (tertiary/aromatic N) is 3. The second-order valence-electron chi connectivity index (χ2n) is 6.16. The minimum atomic E-state index is -0.234. The second kappa shape index (κ2) is 8.60. The molecule has 1 fully saturated rings. The predicted octanol–water partition coefficient (Wildman–Crippen LogP) is 1.91. The van der Waals surface area contributed by atoms with Gasteiger partial charge in [0.25, 0.3) is 5.91 Å². The van der Waals surface area contributed by atoms with Crippen LogP contribution in [0.15, 0.2) is 53.7 Å². The Morgan fingerprint density at radius 2 is 1.84 bits per heavy atom. The third-order valence-electron chi connectivity index (χ3n) is 4.26. The zero-order valence-electron chi connectivity index (χ0n) is 14.4. The SMILES string of the molecule is C=CCNC(=O)c1coc(CN2CCN(Cc3ccccc3)CC2)n1. The highest BCUT2D eigenvalue weighted by atomic mass is 16.3. The van der Waals surface area contributed by atoms with Crippen molar-refractivity contribution >= 4 is 5.91 Å². The monoisotopic (exact) mass is 340 g/mol. The zero-order chi connectivity index (χ0) is 17.5. The van der Waals surface area contributed by atoms with Crippen LogP contribution in [0.3, 0.4) is 0 Å². The first kappa shape index (κ1) is 17.4. The van der Waals surface area contributed by atoms with E-state index in [1.165, 1.54) is 11.8 Å². The Balaban J connectivity index is 1.45. The Hall–Kier alpha value is -2.44. The van der Waals surface area contributed by atoms with Crippen LogP contribution in [-0.2, 0) is 13.1 Å². The van der Waals surface area contributed by atoms with Gasteiger partial charge in [-0.1, -0.05) is 36.4 Å². The minimum absolute atomic E-state index is 0.234. The molecule has 132 valence electrons. The van der Waals surface area contributed by atoms with Crippen molar-refractivity contribution in [3.05, 3.63) is 66.4 Å². The van der Waals surface area contributed by atoms with E-state index >= 15 is 0 Å². The highest BCUT2D eigenvalue weighted by Crippen LogP contribution is 2.11. The molecule has 1 aromatic carbocycles. The fraction of sp³-hybridized carbons (Fsp3) is 0.368. The van der Waals surface area contributed by atoms with Crippen LogP contribution >= 0.6 is 0 Å². The summed E-state index contributed by atoms with van der Waals surface area (Å²) < 4.78 is 5.44. The van der Waals surface area contributed by atoms with Crippen LogP contribution in [0.4, 0.5) is 0 Å². The van der Waals surface area contributed by atoms with Crippen LogP contribution < -0.4 is 5.32 Å². The van der Waals surface area contributed by atoms with E-state index in [4.69, 9.17) is 4.42 Å². The Morgan fingerprint density at radius 1 is 1.16 bits per heavy atom. The maximum atomic E-state index is 11.8. The van der Waals surface area contributed by atoms with Gasteiger partial charge in [0.05, 0.1) is 6.54 Å². The van der Waals surface area contributed by atoms with E-state index < -0.39 is 0 Å². The van der Waals surface area contributed by atoms with Gasteiger partial charge in [-0.2, -0.15) is 0 Å². The van der Waals surface area contributed by atoms with Gasteiger partial charge in [-0.15, -0.1) is 6.58 Å². The molecule has 1 aliphatic rings. The standard InChI is InChI=1S/C19H24N4O2/c1-2-8-20-19(24)17-15-25-18(21-17)14-23-11-9-22(10-12-23)13-16-6-4-3-5-7-16/h2-7,15H,1,8-14H2,(H,20,24). The summed E-state index contributed by atoms with van der Waals surface area (Å²) >= 11 is 0. The molecular weight excluding hydrogens is 316 g/mol. The van der Waals surface area contributed by atoms with Crippen LogP contribution in [0, 0.1) is 0 Å². The fourth-order valence-corrected chi connectivity index (χ4v) is 2.88. The number of amides is 1. The Kier molecular flexibility index (Phi) is 5.98. The molecule has 3 rings (SSSR count). The quantitative estimate of drug-likeness (QED) is 0.780. The number of piperazine rings is 1. The van der Waals surface area contributed by atoms with Gasteiger partial charge >= 0.3 is 0 Å². The molecule has 2 heterocycles. The molecular formula is C19H24N4O2. The van der Waals surface area contributed by atoms with Crippen molar-refractivity contribution in [3.8, 4) is 0 Å². The van der Waals surface area contributed by atoms with Crippen molar-refractivity contribution in [3.63, 3.8) is 0 Å². The second-order valence-corrected chi connectivity index (χ2v) is 6.16. The molecule has 0 spiro atoms. The molecule has 2 aromatic rings. The number of nitrogens with one attached hydrogen (secondary N) is 1. The highest BCUT2D eigenvalue weighted by molar-refractivity contribution is 5.91. The molecule has 6 heteroatoms. The van der Waals surface area contributed by atoms with E-state index in [-0.39, 0.29) is 5.91 Å². The normalized spacial score (nSPS) is 15.8. The molecule has 1 aromatic heterocycles. The number of rotatable bonds is 7. The minimum Gasteiger partial charge on any atom is -0.447 e. The smallest absolute Gasteiger partial charge is 0.273 e. The van der Waals surface area contributed by atoms with E-state index in [9.17, 15) is 4.79 Å². The molecule has 1 saturated heterocycles. The van der Waals surface area contributed by atoms with Gasteiger partial charge in [-0.3, -0.25) is 14.6 Å². The summed E-state index contributed by atoms with van der Waals surface area (Å²) in [5, 5.41) is 2.69.